The molecule has 3 N–H and O–H groups in total. The first-order valence-electron chi connectivity index (χ1n) is 9.21. The van der Waals surface area contributed by atoms with E-state index in [2.05, 4.69) is 15.6 Å². The van der Waals surface area contributed by atoms with Crippen LogP contribution < -0.4 is 25.0 Å². The highest BCUT2D eigenvalue weighted by molar-refractivity contribution is 7.92. The van der Waals surface area contributed by atoms with Gasteiger partial charge in [0.05, 0.1) is 4.90 Å². The van der Waals surface area contributed by atoms with Crippen LogP contribution in [0.15, 0.2) is 71.6 Å². The first-order chi connectivity index (χ1) is 15.3. The number of carbonyl (C=O) groups excluding carboxylic acids is 2. The zero-order chi connectivity index (χ0) is 22.7. The number of hydrogen-bond donors (Lipinski definition) is 3. The zero-order valence-corrected chi connectivity index (χ0v) is 17.9. The van der Waals surface area contributed by atoms with Crippen LogP contribution in [0.25, 0.3) is 0 Å². The number of carbonyl (C=O) groups is 2. The number of rotatable bonds is 5. The van der Waals surface area contributed by atoms with Crippen LogP contribution in [0.2, 0.25) is 5.02 Å². The smallest absolute Gasteiger partial charge is 0.269 e. The molecular weight excluding hydrogens is 458 g/mol. The molecule has 0 aliphatic carbocycles. The normalized spacial score (nSPS) is 12.2. The summed E-state index contributed by atoms with van der Waals surface area (Å²) in [5.41, 5.74) is 5.35. The lowest BCUT2D eigenvalue weighted by atomic mass is 10.2. The molecule has 4 rings (SSSR count). The highest BCUT2D eigenvalue weighted by atomic mass is 35.5. The summed E-state index contributed by atoms with van der Waals surface area (Å²) in [6.07, 6.45) is 0. The maximum absolute atomic E-state index is 12.5. The van der Waals surface area contributed by atoms with Gasteiger partial charge in [-0.2, -0.15) is 0 Å². The lowest BCUT2D eigenvalue weighted by molar-refractivity contribution is 0.0846. The molecular formula is C21H16ClN3O6S. The summed E-state index contributed by atoms with van der Waals surface area (Å²) in [6, 6.07) is 16.0. The van der Waals surface area contributed by atoms with Gasteiger partial charge in [-0.25, -0.2) is 8.42 Å². The number of hydrogen-bond acceptors (Lipinski definition) is 6. The molecule has 3 aromatic rings. The number of anilines is 1. The Morgan fingerprint density at radius 2 is 1.38 bits per heavy atom. The second-order valence-corrected chi connectivity index (χ2v) is 8.73. The molecule has 0 saturated heterocycles. The van der Waals surface area contributed by atoms with Crippen LogP contribution in [0.4, 0.5) is 5.69 Å². The molecule has 11 heteroatoms. The van der Waals surface area contributed by atoms with E-state index in [0.29, 0.717) is 22.2 Å². The van der Waals surface area contributed by atoms with Crippen molar-refractivity contribution in [2.45, 2.75) is 4.90 Å². The molecule has 3 aromatic carbocycles. The third-order valence-corrected chi connectivity index (χ3v) is 6.10. The van der Waals surface area contributed by atoms with E-state index in [1.807, 2.05) is 0 Å². The Kier molecular flexibility index (Phi) is 5.89. The van der Waals surface area contributed by atoms with Gasteiger partial charge in [0.15, 0.2) is 11.5 Å². The average Bonchev–Trinajstić information content (AvgIpc) is 3.26. The third-order valence-electron chi connectivity index (χ3n) is 4.45. The van der Waals surface area contributed by atoms with E-state index in [-0.39, 0.29) is 22.8 Å². The summed E-state index contributed by atoms with van der Waals surface area (Å²) in [6.45, 7) is 0.0814. The van der Waals surface area contributed by atoms with Gasteiger partial charge in [-0.15, -0.1) is 0 Å². The third kappa shape index (κ3) is 4.76. The van der Waals surface area contributed by atoms with Crippen molar-refractivity contribution < 1.29 is 27.5 Å². The van der Waals surface area contributed by atoms with E-state index in [4.69, 9.17) is 21.1 Å². The molecule has 9 nitrogen and oxygen atoms in total. The minimum absolute atomic E-state index is 0.0339. The first kappa shape index (κ1) is 21.5. The van der Waals surface area contributed by atoms with Gasteiger partial charge >= 0.3 is 0 Å². The van der Waals surface area contributed by atoms with Crippen LogP contribution in [0.5, 0.6) is 11.5 Å². The van der Waals surface area contributed by atoms with E-state index >= 15 is 0 Å². The monoisotopic (exact) mass is 473 g/mol. The van der Waals surface area contributed by atoms with E-state index in [0.717, 1.165) is 0 Å². The van der Waals surface area contributed by atoms with Gasteiger partial charge in [-0.05, 0) is 66.7 Å². The van der Waals surface area contributed by atoms with Crippen molar-refractivity contribution in [2.75, 3.05) is 11.5 Å². The Hall–Kier alpha value is -3.76. The largest absolute Gasteiger partial charge is 0.454 e. The Bertz CT molecular complexity index is 1280. The van der Waals surface area contributed by atoms with Crippen molar-refractivity contribution in [2.24, 2.45) is 0 Å². The standard InChI is InChI=1S/C21H16ClN3O6S/c22-15-4-6-16(7-5-15)25-32(28,29)17-8-1-13(2-9-17)20(26)23-24-21(27)14-3-10-18-19(11-14)31-12-30-18/h1-11,25H,12H2,(H,23,26)(H,24,27). The average molecular weight is 474 g/mol. The highest BCUT2D eigenvalue weighted by Gasteiger charge is 2.18. The fourth-order valence-corrected chi connectivity index (χ4v) is 4.00. The van der Waals surface area contributed by atoms with Gasteiger partial charge in [-0.3, -0.25) is 25.2 Å². The molecule has 164 valence electrons. The summed E-state index contributed by atoms with van der Waals surface area (Å²) in [5.74, 6) is -0.198. The lowest BCUT2D eigenvalue weighted by Crippen LogP contribution is -2.41. The fourth-order valence-electron chi connectivity index (χ4n) is 2.81. The summed E-state index contributed by atoms with van der Waals surface area (Å²) >= 11 is 5.80. The van der Waals surface area contributed by atoms with Crippen LogP contribution in [-0.4, -0.2) is 27.0 Å². The molecule has 0 spiro atoms. The molecule has 0 radical (unpaired) electrons. The van der Waals surface area contributed by atoms with Crippen molar-refractivity contribution >= 4 is 39.1 Å². The SMILES string of the molecule is O=C(NNC(=O)c1ccc2c(c1)OCO2)c1ccc(S(=O)(=O)Nc2ccc(Cl)cc2)cc1. The van der Waals surface area contributed by atoms with E-state index in [1.165, 1.54) is 48.5 Å². The van der Waals surface area contributed by atoms with Gasteiger partial charge < -0.3 is 9.47 Å². The van der Waals surface area contributed by atoms with Crippen LogP contribution in [0.1, 0.15) is 20.7 Å². The molecule has 2 amide bonds. The summed E-state index contributed by atoms with van der Waals surface area (Å²) in [5, 5.41) is 0.480. The number of sulfonamides is 1. The van der Waals surface area contributed by atoms with E-state index < -0.39 is 21.8 Å². The van der Waals surface area contributed by atoms with Gasteiger partial charge in [0.2, 0.25) is 6.79 Å². The molecule has 0 unspecified atom stereocenters. The van der Waals surface area contributed by atoms with Crippen molar-refractivity contribution in [1.82, 2.24) is 10.9 Å². The summed E-state index contributed by atoms with van der Waals surface area (Å²) in [4.78, 5) is 24.5. The Labute approximate surface area is 188 Å². The molecule has 0 saturated carbocycles. The molecule has 0 aromatic heterocycles. The van der Waals surface area contributed by atoms with Crippen LogP contribution in [0.3, 0.4) is 0 Å². The lowest BCUT2D eigenvalue weighted by Gasteiger charge is -2.10. The van der Waals surface area contributed by atoms with Crippen LogP contribution in [0, 0.1) is 0 Å². The molecule has 32 heavy (non-hydrogen) atoms. The van der Waals surface area contributed by atoms with Crippen molar-refractivity contribution in [1.29, 1.82) is 0 Å². The molecule has 1 heterocycles. The maximum atomic E-state index is 12.5. The van der Waals surface area contributed by atoms with E-state index in [9.17, 15) is 18.0 Å². The van der Waals surface area contributed by atoms with Crippen LogP contribution in [-0.2, 0) is 10.0 Å². The van der Waals surface area contributed by atoms with Crippen molar-refractivity contribution in [3.63, 3.8) is 0 Å². The van der Waals surface area contributed by atoms with Gasteiger partial charge in [0, 0.05) is 21.8 Å². The van der Waals surface area contributed by atoms with Crippen molar-refractivity contribution in [3.8, 4) is 11.5 Å². The number of benzene rings is 3. The van der Waals surface area contributed by atoms with Gasteiger partial charge in [0.1, 0.15) is 0 Å². The van der Waals surface area contributed by atoms with Crippen molar-refractivity contribution in [3.05, 3.63) is 82.9 Å². The van der Waals surface area contributed by atoms with Gasteiger partial charge in [0.25, 0.3) is 21.8 Å². The topological polar surface area (TPSA) is 123 Å². The Balaban J connectivity index is 1.37. The second kappa shape index (κ2) is 8.77. The van der Waals surface area contributed by atoms with Crippen LogP contribution >= 0.6 is 11.6 Å². The Morgan fingerprint density at radius 1 is 0.781 bits per heavy atom. The second-order valence-electron chi connectivity index (χ2n) is 6.61. The Morgan fingerprint density at radius 3 is 2.06 bits per heavy atom. The molecule has 1 aliphatic rings. The van der Waals surface area contributed by atoms with Gasteiger partial charge in [-0.1, -0.05) is 11.6 Å². The fraction of sp³-hybridized carbons (Fsp3) is 0.0476. The van der Waals surface area contributed by atoms with E-state index in [1.54, 1.807) is 18.2 Å². The number of amides is 2. The number of ether oxygens (including phenoxy) is 2. The minimum Gasteiger partial charge on any atom is -0.454 e. The first-order valence-corrected chi connectivity index (χ1v) is 11.1. The zero-order valence-electron chi connectivity index (χ0n) is 16.3. The molecule has 1 aliphatic heterocycles. The quantitative estimate of drug-likeness (QED) is 0.490. The number of halogens is 1. The maximum Gasteiger partial charge on any atom is 0.269 e. The summed E-state index contributed by atoms with van der Waals surface area (Å²) < 4.78 is 37.8. The number of nitrogens with one attached hydrogen (secondary N) is 3. The number of fused-ring (bicyclic) bond motifs is 1. The molecule has 0 fully saturated rings. The summed E-state index contributed by atoms with van der Waals surface area (Å²) in [7, 11) is -3.85. The highest BCUT2D eigenvalue weighted by Crippen LogP contribution is 2.32. The number of hydrazine groups is 1. The molecule has 0 bridgehead atoms. The minimum atomic E-state index is -3.85. The predicted molar refractivity (Wildman–Crippen MR) is 116 cm³/mol. The predicted octanol–water partition coefficient (Wildman–Crippen LogP) is 2.94. The molecule has 0 atom stereocenters.